The van der Waals surface area contributed by atoms with Crippen molar-refractivity contribution in [2.45, 2.75) is 45.4 Å². The summed E-state index contributed by atoms with van der Waals surface area (Å²) in [5.74, 6) is 1.51. The number of amides is 1. The first kappa shape index (κ1) is 25.4. The molecule has 1 amide bonds. The number of anilines is 1. The molecule has 2 aromatic heterocycles. The van der Waals surface area contributed by atoms with Crippen LogP contribution in [-0.2, 0) is 0 Å². The van der Waals surface area contributed by atoms with Crippen LogP contribution >= 0.6 is 11.6 Å². The van der Waals surface area contributed by atoms with Crippen LogP contribution in [0.25, 0.3) is 22.6 Å². The van der Waals surface area contributed by atoms with E-state index in [9.17, 15) is 9.59 Å². The number of fused-ring (bicyclic) bond motifs is 1. The van der Waals surface area contributed by atoms with Gasteiger partial charge in [-0.25, -0.2) is 5.10 Å². The lowest BCUT2D eigenvalue weighted by Crippen LogP contribution is -2.13. The number of tetrazole rings is 1. The number of nitrogens with zero attached hydrogens (tertiary/aromatic N) is 3. The van der Waals surface area contributed by atoms with Crippen LogP contribution in [0, 0.1) is 6.92 Å². The van der Waals surface area contributed by atoms with Crippen molar-refractivity contribution in [2.24, 2.45) is 0 Å². The van der Waals surface area contributed by atoms with Crippen molar-refractivity contribution >= 4 is 34.2 Å². The number of aromatic nitrogens is 4. The van der Waals surface area contributed by atoms with Gasteiger partial charge in [0.05, 0.1) is 17.7 Å². The first-order valence-electron chi connectivity index (χ1n) is 12.0. The number of rotatable bonds is 12. The molecular weight excluding hydrogens is 482 g/mol. The van der Waals surface area contributed by atoms with Crippen LogP contribution in [-0.4, -0.2) is 39.0 Å². The van der Waals surface area contributed by atoms with Gasteiger partial charge in [-0.05, 0) is 72.2 Å². The second kappa shape index (κ2) is 12.3. The maximum Gasteiger partial charge on any atom is 0.255 e. The van der Waals surface area contributed by atoms with E-state index in [-0.39, 0.29) is 28.5 Å². The Labute approximate surface area is 213 Å². The minimum atomic E-state index is -0.334. The minimum Gasteiger partial charge on any atom is -0.494 e. The predicted octanol–water partition coefficient (Wildman–Crippen LogP) is 5.49. The van der Waals surface area contributed by atoms with Crippen molar-refractivity contribution in [1.29, 1.82) is 0 Å². The van der Waals surface area contributed by atoms with Gasteiger partial charge in [-0.15, -0.1) is 16.7 Å². The lowest BCUT2D eigenvalue weighted by molar-refractivity contribution is 0.102. The Morgan fingerprint density at radius 2 is 1.81 bits per heavy atom. The normalized spacial score (nSPS) is 11.1. The van der Waals surface area contributed by atoms with E-state index in [0.717, 1.165) is 30.7 Å². The molecule has 0 radical (unpaired) electrons. The monoisotopic (exact) mass is 509 g/mol. The van der Waals surface area contributed by atoms with Crippen LogP contribution in [0.4, 0.5) is 5.69 Å². The summed E-state index contributed by atoms with van der Waals surface area (Å²) in [5, 5.41) is 16.6. The molecule has 0 aliphatic carbocycles. The number of aromatic amines is 1. The molecular formula is C26H28ClN5O4. The largest absolute Gasteiger partial charge is 0.494 e. The fourth-order valence-corrected chi connectivity index (χ4v) is 4.06. The predicted molar refractivity (Wildman–Crippen MR) is 139 cm³/mol. The third-order valence-electron chi connectivity index (χ3n) is 5.71. The molecule has 0 fully saturated rings. The highest BCUT2D eigenvalue weighted by molar-refractivity contribution is 6.17. The highest BCUT2D eigenvalue weighted by Gasteiger charge is 2.16. The van der Waals surface area contributed by atoms with Crippen LogP contribution in [0.3, 0.4) is 0 Å². The van der Waals surface area contributed by atoms with E-state index in [1.54, 1.807) is 36.4 Å². The average Bonchev–Trinajstić information content (AvgIpc) is 3.42. The molecule has 4 aromatic rings. The lowest BCUT2D eigenvalue weighted by atomic mass is 10.1. The summed E-state index contributed by atoms with van der Waals surface area (Å²) in [6, 6.07) is 11.7. The van der Waals surface area contributed by atoms with Crippen molar-refractivity contribution in [3.8, 4) is 17.3 Å². The molecule has 2 aromatic carbocycles. The Hall–Kier alpha value is -3.72. The first-order valence-corrected chi connectivity index (χ1v) is 12.5. The summed E-state index contributed by atoms with van der Waals surface area (Å²) in [4.78, 5) is 25.7. The number of ether oxygens (including phenoxy) is 1. The standard InChI is InChI=1S/C26H28ClN5O4/c1-17-14-20-22(33)16-23(25-29-31-32-30-25)36-24(20)21(15-17)28-26(34)18-8-10-19(11-9-18)35-13-7-5-3-2-4-6-12-27/h8-11,14-16H,2-7,12-13H2,1H3,(H,28,34)(H,29,30,31,32). The van der Waals surface area contributed by atoms with Gasteiger partial charge >= 0.3 is 0 Å². The lowest BCUT2D eigenvalue weighted by Gasteiger charge is -2.11. The van der Waals surface area contributed by atoms with E-state index in [1.807, 2.05) is 6.92 Å². The zero-order chi connectivity index (χ0) is 25.3. The number of H-pyrrole nitrogens is 1. The topological polar surface area (TPSA) is 123 Å². The summed E-state index contributed by atoms with van der Waals surface area (Å²) in [7, 11) is 0. The van der Waals surface area contributed by atoms with Gasteiger partial charge in [0, 0.05) is 17.5 Å². The van der Waals surface area contributed by atoms with Gasteiger partial charge in [-0.3, -0.25) is 9.59 Å². The summed E-state index contributed by atoms with van der Waals surface area (Å²) in [5.41, 5.74) is 1.62. The number of unbranched alkanes of at least 4 members (excludes halogenated alkanes) is 5. The molecule has 0 spiro atoms. The van der Waals surface area contributed by atoms with Gasteiger partial charge in [0.1, 0.15) is 5.75 Å². The summed E-state index contributed by atoms with van der Waals surface area (Å²) in [6.07, 6.45) is 6.75. The van der Waals surface area contributed by atoms with E-state index in [4.69, 9.17) is 20.8 Å². The quantitative estimate of drug-likeness (QED) is 0.191. The third-order valence-corrected chi connectivity index (χ3v) is 5.98. The molecule has 4 rings (SSSR count). The molecule has 0 aliphatic rings. The van der Waals surface area contributed by atoms with Gasteiger partial charge < -0.3 is 14.5 Å². The van der Waals surface area contributed by atoms with E-state index >= 15 is 0 Å². The summed E-state index contributed by atoms with van der Waals surface area (Å²) in [6.45, 7) is 2.48. The van der Waals surface area contributed by atoms with Crippen molar-refractivity contribution in [1.82, 2.24) is 20.6 Å². The van der Waals surface area contributed by atoms with Gasteiger partial charge in [-0.1, -0.05) is 25.7 Å². The maximum absolute atomic E-state index is 13.0. The fourth-order valence-electron chi connectivity index (χ4n) is 3.87. The van der Waals surface area contributed by atoms with Gasteiger partial charge in [0.2, 0.25) is 5.82 Å². The molecule has 0 atom stereocenters. The van der Waals surface area contributed by atoms with Gasteiger partial charge in [0.25, 0.3) is 5.91 Å². The smallest absolute Gasteiger partial charge is 0.255 e. The molecule has 9 nitrogen and oxygen atoms in total. The van der Waals surface area contributed by atoms with Crippen LogP contribution in [0.1, 0.15) is 54.4 Å². The zero-order valence-electron chi connectivity index (χ0n) is 20.1. The molecule has 0 aliphatic heterocycles. The number of hydrogen-bond acceptors (Lipinski definition) is 7. The second-order valence-electron chi connectivity index (χ2n) is 8.55. The molecule has 2 heterocycles. The molecule has 36 heavy (non-hydrogen) atoms. The minimum absolute atomic E-state index is 0.175. The van der Waals surface area contributed by atoms with E-state index in [1.165, 1.54) is 25.3 Å². The van der Waals surface area contributed by atoms with Crippen LogP contribution < -0.4 is 15.5 Å². The Morgan fingerprint density at radius 1 is 1.06 bits per heavy atom. The number of carbonyl (C=O) groups is 1. The first-order chi connectivity index (χ1) is 17.5. The van der Waals surface area contributed by atoms with Gasteiger partial charge in [-0.2, -0.15) is 0 Å². The second-order valence-corrected chi connectivity index (χ2v) is 8.93. The zero-order valence-corrected chi connectivity index (χ0v) is 20.8. The van der Waals surface area contributed by atoms with Crippen LogP contribution in [0.2, 0.25) is 0 Å². The summed E-state index contributed by atoms with van der Waals surface area (Å²) >= 11 is 5.69. The molecule has 188 valence electrons. The fraction of sp³-hybridized carbons (Fsp3) is 0.346. The maximum atomic E-state index is 13.0. The molecule has 2 N–H and O–H groups in total. The number of carbonyl (C=O) groups excluding carboxylic acids is 1. The van der Waals surface area contributed by atoms with Crippen molar-refractivity contribution in [3.05, 3.63) is 63.8 Å². The third kappa shape index (κ3) is 6.48. The molecule has 0 saturated heterocycles. The van der Waals surface area contributed by atoms with E-state index in [0.29, 0.717) is 29.0 Å². The molecule has 10 heteroatoms. The Morgan fingerprint density at radius 3 is 2.53 bits per heavy atom. The molecule has 0 unspecified atom stereocenters. The number of alkyl halides is 1. The van der Waals surface area contributed by atoms with Crippen molar-refractivity contribution < 1.29 is 13.9 Å². The van der Waals surface area contributed by atoms with Gasteiger partial charge in [0.15, 0.2) is 16.8 Å². The Bertz CT molecular complexity index is 1350. The van der Waals surface area contributed by atoms with Crippen molar-refractivity contribution in [3.63, 3.8) is 0 Å². The van der Waals surface area contributed by atoms with Crippen molar-refractivity contribution in [2.75, 3.05) is 17.8 Å². The molecule has 0 bridgehead atoms. The molecule has 0 saturated carbocycles. The van der Waals surface area contributed by atoms with Crippen LogP contribution in [0.5, 0.6) is 5.75 Å². The number of halogens is 1. The van der Waals surface area contributed by atoms with Crippen LogP contribution in [0.15, 0.2) is 51.7 Å². The Balaban J connectivity index is 1.41. The highest BCUT2D eigenvalue weighted by atomic mass is 35.5. The Kier molecular flexibility index (Phi) is 8.67. The number of nitrogens with one attached hydrogen (secondary N) is 2. The highest BCUT2D eigenvalue weighted by Crippen LogP contribution is 2.27. The SMILES string of the molecule is Cc1cc(NC(=O)c2ccc(OCCCCCCCCCl)cc2)c2oc(-c3nnn[nH]3)cc(=O)c2c1. The number of benzene rings is 2. The number of aryl methyl sites for hydroxylation is 1. The average molecular weight is 510 g/mol. The summed E-state index contributed by atoms with van der Waals surface area (Å²) < 4.78 is 11.7. The number of hydrogen-bond donors (Lipinski definition) is 2. The van der Waals surface area contributed by atoms with E-state index < -0.39 is 0 Å². The van der Waals surface area contributed by atoms with E-state index in [2.05, 4.69) is 25.9 Å².